The Morgan fingerprint density at radius 1 is 1.32 bits per heavy atom. The van der Waals surface area contributed by atoms with Crippen molar-refractivity contribution in [1.82, 2.24) is 24.5 Å². The number of carbonyl (C=O) groups is 1. The lowest BCUT2D eigenvalue weighted by atomic mass is 9.97. The first-order valence-electron chi connectivity index (χ1n) is 10.5. The van der Waals surface area contributed by atoms with Crippen LogP contribution in [-0.2, 0) is 6.54 Å². The number of fused-ring (bicyclic) bond motifs is 1. The minimum atomic E-state index is -0.568. The van der Waals surface area contributed by atoms with Crippen LogP contribution in [0.1, 0.15) is 62.6 Å². The smallest absolute Gasteiger partial charge is 0.270 e. The molecule has 1 fully saturated rings. The third kappa shape index (κ3) is 4.40. The summed E-state index contributed by atoms with van der Waals surface area (Å²) in [5.74, 6) is -0.557. The summed E-state index contributed by atoms with van der Waals surface area (Å²) in [6, 6.07) is 7.27. The highest BCUT2D eigenvalue weighted by Crippen LogP contribution is 2.26. The standard InChI is InChI=1S/C22H28N6O3/c1-13(15-7-5-6-10-23-15)24-16-11-17-27(12-22(2,3)4)20(30)18(21(31)28(17)26-16)19(29)25-14-8-9-14/h5-7,10-11,13-14,31H,8-9,12H2,1-4H3,(H,24,26)(H,25,29). The van der Waals surface area contributed by atoms with E-state index in [0.717, 1.165) is 18.5 Å². The van der Waals surface area contributed by atoms with E-state index in [-0.39, 0.29) is 23.1 Å². The summed E-state index contributed by atoms with van der Waals surface area (Å²) < 4.78 is 2.76. The van der Waals surface area contributed by atoms with Crippen LogP contribution in [0.15, 0.2) is 35.3 Å². The number of nitrogens with zero attached hydrogens (tertiary/aromatic N) is 4. The summed E-state index contributed by atoms with van der Waals surface area (Å²) >= 11 is 0. The predicted molar refractivity (Wildman–Crippen MR) is 117 cm³/mol. The van der Waals surface area contributed by atoms with Crippen molar-refractivity contribution >= 4 is 17.4 Å². The van der Waals surface area contributed by atoms with E-state index in [1.165, 1.54) is 9.08 Å². The second-order valence-corrected chi connectivity index (χ2v) is 9.32. The molecule has 0 aliphatic heterocycles. The van der Waals surface area contributed by atoms with Crippen LogP contribution in [-0.4, -0.2) is 36.2 Å². The SMILES string of the molecule is CC(Nc1cc2n(CC(C)(C)C)c(=O)c(C(=O)NC3CC3)c(O)n2n1)c1ccccn1. The highest BCUT2D eigenvalue weighted by atomic mass is 16.3. The molecule has 1 amide bonds. The molecule has 3 aromatic rings. The van der Waals surface area contributed by atoms with Crippen molar-refractivity contribution in [2.24, 2.45) is 5.41 Å². The van der Waals surface area contributed by atoms with Crippen molar-refractivity contribution in [3.05, 3.63) is 52.1 Å². The van der Waals surface area contributed by atoms with E-state index in [0.29, 0.717) is 18.0 Å². The van der Waals surface area contributed by atoms with Crippen molar-refractivity contribution in [3.8, 4) is 5.88 Å². The first kappa shape index (κ1) is 20.9. The zero-order valence-electron chi connectivity index (χ0n) is 18.2. The maximum atomic E-state index is 13.2. The van der Waals surface area contributed by atoms with E-state index in [9.17, 15) is 14.7 Å². The fourth-order valence-electron chi connectivity index (χ4n) is 3.47. The lowest BCUT2D eigenvalue weighted by Gasteiger charge is -2.21. The number of aromatic hydroxyl groups is 1. The Labute approximate surface area is 180 Å². The van der Waals surface area contributed by atoms with Gasteiger partial charge in [0.25, 0.3) is 11.5 Å². The number of carbonyl (C=O) groups excluding carboxylic acids is 1. The van der Waals surface area contributed by atoms with Crippen molar-refractivity contribution in [2.45, 2.75) is 59.2 Å². The lowest BCUT2D eigenvalue weighted by Crippen LogP contribution is -2.37. The van der Waals surface area contributed by atoms with E-state index in [2.05, 4.69) is 20.7 Å². The number of rotatable bonds is 6. The zero-order chi connectivity index (χ0) is 22.3. The maximum absolute atomic E-state index is 13.2. The molecule has 164 valence electrons. The van der Waals surface area contributed by atoms with Crippen LogP contribution in [0.3, 0.4) is 0 Å². The second kappa shape index (κ2) is 7.72. The van der Waals surface area contributed by atoms with Gasteiger partial charge < -0.3 is 15.7 Å². The van der Waals surface area contributed by atoms with Gasteiger partial charge in [-0.25, -0.2) is 0 Å². The summed E-state index contributed by atoms with van der Waals surface area (Å²) in [4.78, 5) is 30.3. The molecule has 1 saturated carbocycles. The predicted octanol–water partition coefficient (Wildman–Crippen LogP) is 2.71. The Balaban J connectivity index is 1.79. The molecule has 3 heterocycles. The molecule has 4 rings (SSSR count). The monoisotopic (exact) mass is 424 g/mol. The van der Waals surface area contributed by atoms with Crippen LogP contribution >= 0.6 is 0 Å². The number of pyridine rings is 1. The Bertz CT molecular complexity index is 1170. The van der Waals surface area contributed by atoms with Crippen LogP contribution in [0.2, 0.25) is 0 Å². The van der Waals surface area contributed by atoms with Crippen LogP contribution in [0.25, 0.3) is 5.65 Å². The summed E-state index contributed by atoms with van der Waals surface area (Å²) in [6.45, 7) is 8.32. The van der Waals surface area contributed by atoms with Gasteiger partial charge in [-0.1, -0.05) is 26.8 Å². The third-order valence-corrected chi connectivity index (χ3v) is 5.12. The average molecular weight is 425 g/mol. The number of amides is 1. The lowest BCUT2D eigenvalue weighted by molar-refractivity contribution is 0.0944. The van der Waals surface area contributed by atoms with Crippen molar-refractivity contribution in [2.75, 3.05) is 5.32 Å². The summed E-state index contributed by atoms with van der Waals surface area (Å²) in [5, 5.41) is 21.3. The fourth-order valence-corrected chi connectivity index (χ4v) is 3.47. The van der Waals surface area contributed by atoms with Crippen molar-refractivity contribution < 1.29 is 9.90 Å². The van der Waals surface area contributed by atoms with Crippen molar-refractivity contribution in [3.63, 3.8) is 0 Å². The molecule has 1 atom stereocenters. The summed E-state index contributed by atoms with van der Waals surface area (Å²) in [6.07, 6.45) is 3.48. The molecule has 3 N–H and O–H groups in total. The number of hydrogen-bond donors (Lipinski definition) is 3. The van der Waals surface area contributed by atoms with Gasteiger partial charge in [0, 0.05) is 24.8 Å². The molecule has 0 bridgehead atoms. The Morgan fingerprint density at radius 2 is 2.06 bits per heavy atom. The van der Waals surface area contributed by atoms with E-state index in [4.69, 9.17) is 0 Å². The molecule has 9 heteroatoms. The minimum Gasteiger partial charge on any atom is -0.492 e. The largest absolute Gasteiger partial charge is 0.492 e. The first-order chi connectivity index (χ1) is 14.6. The van der Waals surface area contributed by atoms with E-state index in [1.54, 1.807) is 12.3 Å². The van der Waals surface area contributed by atoms with Gasteiger partial charge in [0.2, 0.25) is 5.88 Å². The van der Waals surface area contributed by atoms with Gasteiger partial charge >= 0.3 is 0 Å². The quantitative estimate of drug-likeness (QED) is 0.561. The summed E-state index contributed by atoms with van der Waals surface area (Å²) in [7, 11) is 0. The number of anilines is 1. The normalized spacial score (nSPS) is 15.1. The maximum Gasteiger partial charge on any atom is 0.270 e. The Hall–Kier alpha value is -3.36. The molecule has 1 aliphatic carbocycles. The molecule has 0 aromatic carbocycles. The molecular weight excluding hydrogens is 396 g/mol. The topological polar surface area (TPSA) is 114 Å². The third-order valence-electron chi connectivity index (χ3n) is 5.12. The summed E-state index contributed by atoms with van der Waals surface area (Å²) in [5.41, 5.74) is 0.208. The van der Waals surface area contributed by atoms with Gasteiger partial charge in [0.05, 0.1) is 11.7 Å². The number of nitrogens with one attached hydrogen (secondary N) is 2. The van der Waals surface area contributed by atoms with Gasteiger partial charge in [-0.3, -0.25) is 19.1 Å². The Kier molecular flexibility index (Phi) is 5.20. The van der Waals surface area contributed by atoms with Gasteiger partial charge in [-0.15, -0.1) is 5.10 Å². The van der Waals surface area contributed by atoms with E-state index < -0.39 is 17.3 Å². The van der Waals surface area contributed by atoms with Crippen LogP contribution < -0.4 is 16.2 Å². The highest BCUT2D eigenvalue weighted by molar-refractivity contribution is 5.96. The minimum absolute atomic E-state index is 0.0622. The van der Waals surface area contributed by atoms with Crippen molar-refractivity contribution in [1.29, 1.82) is 0 Å². The molecule has 0 spiro atoms. The molecule has 3 aromatic heterocycles. The van der Waals surface area contributed by atoms with E-state index in [1.807, 2.05) is 45.9 Å². The van der Waals surface area contributed by atoms with Crippen LogP contribution in [0.4, 0.5) is 5.82 Å². The average Bonchev–Trinajstić information content (AvgIpc) is 3.41. The molecule has 9 nitrogen and oxygen atoms in total. The molecule has 0 radical (unpaired) electrons. The first-order valence-corrected chi connectivity index (χ1v) is 10.5. The van der Waals surface area contributed by atoms with Crippen LogP contribution in [0, 0.1) is 5.41 Å². The molecule has 31 heavy (non-hydrogen) atoms. The molecule has 0 saturated heterocycles. The second-order valence-electron chi connectivity index (χ2n) is 9.32. The molecule has 1 unspecified atom stereocenters. The zero-order valence-corrected chi connectivity index (χ0v) is 18.2. The van der Waals surface area contributed by atoms with Crippen LogP contribution in [0.5, 0.6) is 5.88 Å². The highest BCUT2D eigenvalue weighted by Gasteiger charge is 2.30. The Morgan fingerprint density at radius 3 is 2.68 bits per heavy atom. The van der Waals surface area contributed by atoms with Gasteiger partial charge in [0.1, 0.15) is 5.65 Å². The van der Waals surface area contributed by atoms with Gasteiger partial charge in [-0.2, -0.15) is 4.52 Å². The molecule has 1 aliphatic rings. The van der Waals surface area contributed by atoms with E-state index >= 15 is 0 Å². The number of hydrogen-bond acceptors (Lipinski definition) is 6. The fraction of sp³-hybridized carbons (Fsp3) is 0.455. The van der Waals surface area contributed by atoms with Gasteiger partial charge in [-0.05, 0) is 37.3 Å². The number of aromatic nitrogens is 4. The van der Waals surface area contributed by atoms with Gasteiger partial charge in [0.15, 0.2) is 11.4 Å². The molecular formula is C22H28N6O3.